The summed E-state index contributed by atoms with van der Waals surface area (Å²) in [7, 11) is 0. The summed E-state index contributed by atoms with van der Waals surface area (Å²) < 4.78 is 1.92. The molecule has 6 heteroatoms. The number of aromatic nitrogens is 3. The molecule has 0 aliphatic heterocycles. The SMILES string of the molecule is CCn1nc(C)c(Cl)c1CC(NN)c1ccncc1. The van der Waals surface area contributed by atoms with Crippen molar-refractivity contribution in [3.63, 3.8) is 0 Å². The van der Waals surface area contributed by atoms with Crippen LogP contribution >= 0.6 is 11.6 Å². The monoisotopic (exact) mass is 279 g/mol. The summed E-state index contributed by atoms with van der Waals surface area (Å²) in [6, 6.07) is 3.87. The molecule has 0 aliphatic carbocycles. The van der Waals surface area contributed by atoms with Gasteiger partial charge in [0, 0.05) is 25.4 Å². The van der Waals surface area contributed by atoms with Crippen molar-refractivity contribution in [2.45, 2.75) is 32.9 Å². The second kappa shape index (κ2) is 6.14. The molecule has 2 aromatic rings. The molecule has 0 spiro atoms. The fraction of sp³-hybridized carbons (Fsp3) is 0.385. The molecule has 0 saturated heterocycles. The molecule has 2 aromatic heterocycles. The number of hydrogen-bond donors (Lipinski definition) is 2. The Morgan fingerprint density at radius 1 is 1.42 bits per heavy atom. The fourth-order valence-electron chi connectivity index (χ4n) is 2.13. The van der Waals surface area contributed by atoms with Gasteiger partial charge in [-0.3, -0.25) is 20.9 Å². The van der Waals surface area contributed by atoms with Gasteiger partial charge in [0.25, 0.3) is 0 Å². The minimum absolute atomic E-state index is 0.0121. The van der Waals surface area contributed by atoms with E-state index in [-0.39, 0.29) is 6.04 Å². The Morgan fingerprint density at radius 3 is 2.68 bits per heavy atom. The zero-order valence-corrected chi connectivity index (χ0v) is 11.9. The van der Waals surface area contributed by atoms with Gasteiger partial charge in [0.1, 0.15) is 0 Å². The second-order valence-electron chi connectivity index (χ2n) is 4.37. The summed E-state index contributed by atoms with van der Waals surface area (Å²) in [4.78, 5) is 4.01. The summed E-state index contributed by atoms with van der Waals surface area (Å²) in [6.45, 7) is 4.75. The minimum atomic E-state index is -0.0121. The Labute approximate surface area is 117 Å². The number of rotatable bonds is 5. The molecule has 0 bridgehead atoms. The summed E-state index contributed by atoms with van der Waals surface area (Å²) in [5.41, 5.74) is 5.76. The predicted molar refractivity (Wildman–Crippen MR) is 75.7 cm³/mol. The lowest BCUT2D eigenvalue weighted by Crippen LogP contribution is -2.30. The number of halogens is 1. The number of pyridine rings is 1. The number of nitrogens with zero attached hydrogens (tertiary/aromatic N) is 3. The molecule has 2 heterocycles. The molecule has 102 valence electrons. The van der Waals surface area contributed by atoms with Crippen LogP contribution in [-0.2, 0) is 13.0 Å². The van der Waals surface area contributed by atoms with Crippen LogP contribution in [0.1, 0.15) is 29.9 Å². The van der Waals surface area contributed by atoms with Crippen LogP contribution in [-0.4, -0.2) is 14.8 Å². The lowest BCUT2D eigenvalue weighted by atomic mass is 10.0. The zero-order chi connectivity index (χ0) is 13.8. The van der Waals surface area contributed by atoms with E-state index in [0.29, 0.717) is 6.42 Å². The van der Waals surface area contributed by atoms with E-state index in [1.54, 1.807) is 12.4 Å². The van der Waals surface area contributed by atoms with Crippen LogP contribution in [0.3, 0.4) is 0 Å². The van der Waals surface area contributed by atoms with E-state index in [4.69, 9.17) is 17.4 Å². The highest BCUT2D eigenvalue weighted by atomic mass is 35.5. The van der Waals surface area contributed by atoms with E-state index in [0.717, 1.165) is 28.5 Å². The first kappa shape index (κ1) is 14.0. The molecular formula is C13H18ClN5. The fourth-order valence-corrected chi connectivity index (χ4v) is 2.34. The predicted octanol–water partition coefficient (Wildman–Crippen LogP) is 2.01. The molecule has 1 unspecified atom stereocenters. The van der Waals surface area contributed by atoms with Crippen molar-refractivity contribution in [1.29, 1.82) is 0 Å². The summed E-state index contributed by atoms with van der Waals surface area (Å²) >= 11 is 6.32. The van der Waals surface area contributed by atoms with Crippen LogP contribution in [0.15, 0.2) is 24.5 Å². The van der Waals surface area contributed by atoms with Crippen LogP contribution in [0, 0.1) is 6.92 Å². The molecule has 19 heavy (non-hydrogen) atoms. The highest BCUT2D eigenvalue weighted by Crippen LogP contribution is 2.25. The van der Waals surface area contributed by atoms with Gasteiger partial charge in [-0.25, -0.2) is 0 Å². The van der Waals surface area contributed by atoms with Gasteiger partial charge in [-0.15, -0.1) is 0 Å². The van der Waals surface area contributed by atoms with E-state index in [1.807, 2.05) is 30.7 Å². The first-order chi connectivity index (χ1) is 9.17. The van der Waals surface area contributed by atoms with Crippen molar-refractivity contribution >= 4 is 11.6 Å². The Bertz CT molecular complexity index is 537. The third-order valence-electron chi connectivity index (χ3n) is 3.16. The number of nitrogens with two attached hydrogens (primary N) is 1. The van der Waals surface area contributed by atoms with E-state index in [2.05, 4.69) is 15.5 Å². The summed E-state index contributed by atoms with van der Waals surface area (Å²) in [6.07, 6.45) is 4.20. The molecule has 3 N–H and O–H groups in total. The number of nitrogens with one attached hydrogen (secondary N) is 1. The van der Waals surface area contributed by atoms with Crippen molar-refractivity contribution in [3.8, 4) is 0 Å². The average molecular weight is 280 g/mol. The first-order valence-electron chi connectivity index (χ1n) is 6.25. The maximum absolute atomic E-state index is 6.32. The average Bonchev–Trinajstić information content (AvgIpc) is 2.72. The molecule has 0 fully saturated rings. The molecule has 0 amide bonds. The zero-order valence-electron chi connectivity index (χ0n) is 11.1. The summed E-state index contributed by atoms with van der Waals surface area (Å²) in [5, 5.41) is 5.13. The van der Waals surface area contributed by atoms with Gasteiger partial charge in [0.15, 0.2) is 0 Å². The van der Waals surface area contributed by atoms with Gasteiger partial charge >= 0.3 is 0 Å². The Balaban J connectivity index is 2.29. The van der Waals surface area contributed by atoms with E-state index in [1.165, 1.54) is 0 Å². The van der Waals surface area contributed by atoms with E-state index >= 15 is 0 Å². The van der Waals surface area contributed by atoms with E-state index < -0.39 is 0 Å². The molecular weight excluding hydrogens is 262 g/mol. The third-order valence-corrected chi connectivity index (χ3v) is 3.65. The molecule has 5 nitrogen and oxygen atoms in total. The molecule has 0 aromatic carbocycles. The van der Waals surface area contributed by atoms with Crippen molar-refractivity contribution in [2.24, 2.45) is 5.84 Å². The quantitative estimate of drug-likeness (QED) is 0.649. The molecule has 0 saturated carbocycles. The van der Waals surface area contributed by atoms with Crippen LogP contribution in [0.5, 0.6) is 0 Å². The molecule has 2 rings (SSSR count). The van der Waals surface area contributed by atoms with Crippen molar-refractivity contribution in [1.82, 2.24) is 20.2 Å². The number of aryl methyl sites for hydroxylation is 2. The third kappa shape index (κ3) is 2.94. The number of hydrogen-bond acceptors (Lipinski definition) is 4. The van der Waals surface area contributed by atoms with Crippen LogP contribution in [0.25, 0.3) is 0 Å². The van der Waals surface area contributed by atoms with Crippen LogP contribution < -0.4 is 11.3 Å². The normalized spacial score (nSPS) is 12.6. The lowest BCUT2D eigenvalue weighted by Gasteiger charge is -2.17. The van der Waals surface area contributed by atoms with Gasteiger partial charge < -0.3 is 0 Å². The van der Waals surface area contributed by atoms with Gasteiger partial charge in [-0.2, -0.15) is 5.10 Å². The van der Waals surface area contributed by atoms with Gasteiger partial charge in [0.05, 0.1) is 22.5 Å². The molecule has 1 atom stereocenters. The maximum atomic E-state index is 6.32. The topological polar surface area (TPSA) is 68.8 Å². The Hall–Kier alpha value is -1.43. The Kier molecular flexibility index (Phi) is 4.52. The smallest absolute Gasteiger partial charge is 0.0847 e. The van der Waals surface area contributed by atoms with Crippen molar-refractivity contribution < 1.29 is 0 Å². The highest BCUT2D eigenvalue weighted by molar-refractivity contribution is 6.31. The van der Waals surface area contributed by atoms with E-state index in [9.17, 15) is 0 Å². The first-order valence-corrected chi connectivity index (χ1v) is 6.63. The standard InChI is InChI=1S/C13H18ClN5/c1-3-19-12(13(14)9(2)18-19)8-11(17-15)10-4-6-16-7-5-10/h4-7,11,17H,3,8,15H2,1-2H3. The minimum Gasteiger partial charge on any atom is -0.271 e. The lowest BCUT2D eigenvalue weighted by molar-refractivity contribution is 0.516. The number of hydrazine groups is 1. The largest absolute Gasteiger partial charge is 0.271 e. The molecule has 0 radical (unpaired) electrons. The Morgan fingerprint density at radius 2 is 2.11 bits per heavy atom. The van der Waals surface area contributed by atoms with Crippen LogP contribution in [0.2, 0.25) is 5.02 Å². The summed E-state index contributed by atoms with van der Waals surface area (Å²) in [5.74, 6) is 5.66. The highest BCUT2D eigenvalue weighted by Gasteiger charge is 2.18. The van der Waals surface area contributed by atoms with Crippen molar-refractivity contribution in [3.05, 3.63) is 46.5 Å². The maximum Gasteiger partial charge on any atom is 0.0847 e. The van der Waals surface area contributed by atoms with Gasteiger partial charge in [-0.1, -0.05) is 11.6 Å². The van der Waals surface area contributed by atoms with Gasteiger partial charge in [0.2, 0.25) is 0 Å². The van der Waals surface area contributed by atoms with Crippen molar-refractivity contribution in [2.75, 3.05) is 0 Å². The second-order valence-corrected chi connectivity index (χ2v) is 4.74. The molecule has 0 aliphatic rings. The van der Waals surface area contributed by atoms with Gasteiger partial charge in [-0.05, 0) is 31.5 Å². The van der Waals surface area contributed by atoms with Crippen LogP contribution in [0.4, 0.5) is 0 Å².